The van der Waals surface area contributed by atoms with Crippen molar-refractivity contribution in [2.45, 2.75) is 6.92 Å². The van der Waals surface area contributed by atoms with E-state index in [-0.39, 0.29) is 0 Å². The van der Waals surface area contributed by atoms with Crippen LogP contribution in [0.5, 0.6) is 5.75 Å². The molecule has 17 heavy (non-hydrogen) atoms. The molecule has 0 spiro atoms. The van der Waals surface area contributed by atoms with Gasteiger partial charge in [0.1, 0.15) is 5.75 Å². The van der Waals surface area contributed by atoms with Crippen LogP contribution in [0.15, 0.2) is 30.3 Å². The predicted octanol–water partition coefficient (Wildman–Crippen LogP) is 1.88. The highest BCUT2D eigenvalue weighted by atomic mass is 16.5. The standard InChI is InChI=1S/C10H10O3.C2H4O2/c1-13-9-5-2-8(3-6-9)4-7-10(11)12;1-2(3)4/h2-7H,1H3,(H,11,12);1H3,(H,3,4)/b7-4+;. The lowest BCUT2D eigenvalue weighted by atomic mass is 10.2. The zero-order valence-corrected chi connectivity index (χ0v) is 9.58. The Labute approximate surface area is 99.0 Å². The first-order valence-corrected chi connectivity index (χ1v) is 4.70. The van der Waals surface area contributed by atoms with E-state index in [1.807, 2.05) is 0 Å². The summed E-state index contributed by atoms with van der Waals surface area (Å²) in [6, 6.07) is 7.14. The first kappa shape index (κ1) is 14.7. The highest BCUT2D eigenvalue weighted by Crippen LogP contribution is 2.11. The number of aliphatic carboxylic acids is 2. The highest BCUT2D eigenvalue weighted by Gasteiger charge is 1.91. The molecule has 5 nitrogen and oxygen atoms in total. The van der Waals surface area contributed by atoms with Crippen molar-refractivity contribution < 1.29 is 24.5 Å². The fourth-order valence-electron chi connectivity index (χ4n) is 0.883. The maximum absolute atomic E-state index is 10.2. The number of carbonyl (C=O) groups is 2. The van der Waals surface area contributed by atoms with E-state index < -0.39 is 11.9 Å². The maximum atomic E-state index is 10.2. The van der Waals surface area contributed by atoms with Gasteiger partial charge < -0.3 is 14.9 Å². The summed E-state index contributed by atoms with van der Waals surface area (Å²) in [4.78, 5) is 19.2. The third-order valence-electron chi connectivity index (χ3n) is 1.53. The van der Waals surface area contributed by atoms with Crippen molar-refractivity contribution in [3.8, 4) is 5.75 Å². The molecule has 0 radical (unpaired) electrons. The van der Waals surface area contributed by atoms with Gasteiger partial charge in [-0.15, -0.1) is 0 Å². The van der Waals surface area contributed by atoms with Crippen molar-refractivity contribution in [1.82, 2.24) is 0 Å². The van der Waals surface area contributed by atoms with Crippen LogP contribution < -0.4 is 4.74 Å². The van der Waals surface area contributed by atoms with Gasteiger partial charge in [-0.1, -0.05) is 12.1 Å². The molecule has 0 aliphatic heterocycles. The number of ether oxygens (including phenoxy) is 1. The van der Waals surface area contributed by atoms with Crippen LogP contribution in [0.3, 0.4) is 0 Å². The Bertz CT molecular complexity index is 388. The molecule has 0 amide bonds. The van der Waals surface area contributed by atoms with Crippen LogP contribution in [0.2, 0.25) is 0 Å². The first-order chi connectivity index (χ1) is 7.95. The van der Waals surface area contributed by atoms with Crippen LogP contribution in [0.1, 0.15) is 12.5 Å². The summed E-state index contributed by atoms with van der Waals surface area (Å²) in [5, 5.41) is 15.8. The van der Waals surface area contributed by atoms with E-state index in [1.165, 1.54) is 6.08 Å². The fourth-order valence-corrected chi connectivity index (χ4v) is 0.883. The van der Waals surface area contributed by atoms with Crippen LogP contribution in [0, 0.1) is 0 Å². The average Bonchev–Trinajstić information content (AvgIpc) is 2.26. The van der Waals surface area contributed by atoms with E-state index in [1.54, 1.807) is 31.4 Å². The van der Waals surface area contributed by atoms with Gasteiger partial charge in [-0.25, -0.2) is 4.79 Å². The molecular formula is C12H14O5. The summed E-state index contributed by atoms with van der Waals surface area (Å²) in [5.74, 6) is -1.02. The number of carboxylic acid groups (broad SMARTS) is 2. The normalized spacial score (nSPS) is 9.29. The molecule has 0 saturated heterocycles. The minimum Gasteiger partial charge on any atom is -0.497 e. The third-order valence-corrected chi connectivity index (χ3v) is 1.53. The minimum absolute atomic E-state index is 0.757. The molecule has 2 N–H and O–H groups in total. The van der Waals surface area contributed by atoms with Crippen molar-refractivity contribution in [3.63, 3.8) is 0 Å². The zero-order valence-electron chi connectivity index (χ0n) is 9.58. The zero-order chi connectivity index (χ0) is 13.3. The molecule has 0 aliphatic rings. The van der Waals surface area contributed by atoms with Crippen molar-refractivity contribution in [3.05, 3.63) is 35.9 Å². The maximum Gasteiger partial charge on any atom is 0.328 e. The predicted molar refractivity (Wildman–Crippen MR) is 63.0 cm³/mol. The highest BCUT2D eigenvalue weighted by molar-refractivity contribution is 5.85. The fraction of sp³-hybridized carbons (Fsp3) is 0.167. The summed E-state index contributed by atoms with van der Waals surface area (Å²) >= 11 is 0. The molecule has 5 heteroatoms. The Morgan fingerprint density at radius 2 is 1.65 bits per heavy atom. The molecule has 92 valence electrons. The minimum atomic E-state index is -0.948. The number of hydrogen-bond acceptors (Lipinski definition) is 3. The van der Waals surface area contributed by atoms with Crippen molar-refractivity contribution in [2.75, 3.05) is 7.11 Å². The third kappa shape index (κ3) is 8.68. The smallest absolute Gasteiger partial charge is 0.328 e. The van der Waals surface area contributed by atoms with Crippen molar-refractivity contribution in [1.29, 1.82) is 0 Å². The molecule has 0 unspecified atom stereocenters. The molecule has 0 bridgehead atoms. The van der Waals surface area contributed by atoms with Crippen molar-refractivity contribution in [2.24, 2.45) is 0 Å². The van der Waals surface area contributed by atoms with E-state index in [2.05, 4.69) is 0 Å². The van der Waals surface area contributed by atoms with E-state index >= 15 is 0 Å². The van der Waals surface area contributed by atoms with Gasteiger partial charge in [-0.2, -0.15) is 0 Å². The summed E-state index contributed by atoms with van der Waals surface area (Å²) in [6.45, 7) is 1.08. The molecule has 0 atom stereocenters. The van der Waals surface area contributed by atoms with Crippen LogP contribution in [-0.4, -0.2) is 29.3 Å². The summed E-state index contributed by atoms with van der Waals surface area (Å²) in [7, 11) is 1.59. The monoisotopic (exact) mass is 238 g/mol. The van der Waals surface area contributed by atoms with Crippen LogP contribution in [0.4, 0.5) is 0 Å². The topological polar surface area (TPSA) is 83.8 Å². The molecule has 0 fully saturated rings. The van der Waals surface area contributed by atoms with E-state index in [0.29, 0.717) is 0 Å². The molecule has 1 aromatic carbocycles. The summed E-state index contributed by atoms with van der Waals surface area (Å²) in [6.07, 6.45) is 2.63. The molecule has 0 heterocycles. The van der Waals surface area contributed by atoms with Gasteiger partial charge in [-0.05, 0) is 23.8 Å². The Morgan fingerprint density at radius 3 is 2.00 bits per heavy atom. The molecule has 0 saturated carbocycles. The Morgan fingerprint density at radius 1 is 1.18 bits per heavy atom. The lowest BCUT2D eigenvalue weighted by Crippen LogP contribution is -1.86. The molecule has 1 aromatic rings. The van der Waals surface area contributed by atoms with Gasteiger partial charge in [0.2, 0.25) is 0 Å². The number of hydrogen-bond donors (Lipinski definition) is 2. The Hall–Kier alpha value is -2.30. The largest absolute Gasteiger partial charge is 0.497 e. The van der Waals surface area contributed by atoms with Gasteiger partial charge in [0, 0.05) is 13.0 Å². The molecule has 0 aromatic heterocycles. The van der Waals surface area contributed by atoms with E-state index in [0.717, 1.165) is 24.3 Å². The second kappa shape index (κ2) is 7.92. The number of rotatable bonds is 3. The van der Waals surface area contributed by atoms with Gasteiger partial charge in [0.15, 0.2) is 0 Å². The van der Waals surface area contributed by atoms with Crippen LogP contribution in [0.25, 0.3) is 6.08 Å². The van der Waals surface area contributed by atoms with Crippen LogP contribution in [-0.2, 0) is 9.59 Å². The Kier molecular flexibility index (Phi) is 6.85. The SMILES string of the molecule is CC(=O)O.COc1ccc(/C=C/C(=O)O)cc1. The summed E-state index contributed by atoms with van der Waals surface area (Å²) < 4.78 is 4.95. The van der Waals surface area contributed by atoms with E-state index in [4.69, 9.17) is 19.7 Å². The molecule has 0 aliphatic carbocycles. The lowest BCUT2D eigenvalue weighted by Gasteiger charge is -1.98. The van der Waals surface area contributed by atoms with Crippen molar-refractivity contribution >= 4 is 18.0 Å². The average molecular weight is 238 g/mol. The summed E-state index contributed by atoms with van der Waals surface area (Å²) in [5.41, 5.74) is 0.836. The second-order valence-corrected chi connectivity index (χ2v) is 2.96. The van der Waals surface area contributed by atoms with E-state index in [9.17, 15) is 4.79 Å². The number of carboxylic acids is 2. The van der Waals surface area contributed by atoms with Gasteiger partial charge in [-0.3, -0.25) is 4.79 Å². The first-order valence-electron chi connectivity index (χ1n) is 4.70. The lowest BCUT2D eigenvalue weighted by molar-refractivity contribution is -0.134. The van der Waals surface area contributed by atoms with Crippen LogP contribution >= 0.6 is 0 Å². The quantitative estimate of drug-likeness (QED) is 0.785. The number of benzene rings is 1. The number of methoxy groups -OCH3 is 1. The molecular weight excluding hydrogens is 224 g/mol. The molecule has 1 rings (SSSR count). The van der Waals surface area contributed by atoms with Gasteiger partial charge >= 0.3 is 5.97 Å². The Balaban J connectivity index is 0.000000557. The van der Waals surface area contributed by atoms with Gasteiger partial charge in [0.05, 0.1) is 7.11 Å². The second-order valence-electron chi connectivity index (χ2n) is 2.96. The van der Waals surface area contributed by atoms with Gasteiger partial charge in [0.25, 0.3) is 5.97 Å².